The van der Waals surface area contributed by atoms with Crippen LogP contribution in [-0.4, -0.2) is 68.6 Å². The van der Waals surface area contributed by atoms with Gasteiger partial charge in [0.05, 0.1) is 13.1 Å². The molecule has 1 heterocycles. The minimum absolute atomic E-state index is 0.140. The Hall–Kier alpha value is -1.30. The topological polar surface area (TPSA) is 44.8 Å². The zero-order valence-electron chi connectivity index (χ0n) is 13.1. The summed E-state index contributed by atoms with van der Waals surface area (Å²) in [5.74, 6) is 0.908. The number of amides is 1. The van der Waals surface area contributed by atoms with E-state index in [-0.39, 0.29) is 5.91 Å². The van der Waals surface area contributed by atoms with Gasteiger partial charge in [-0.3, -0.25) is 9.69 Å². The Morgan fingerprint density at radius 1 is 1.32 bits per heavy atom. The Balaban J connectivity index is 1.68. The monoisotopic (exact) mass is 325 g/mol. The van der Waals surface area contributed by atoms with Gasteiger partial charge < -0.3 is 15.0 Å². The summed E-state index contributed by atoms with van der Waals surface area (Å²) in [6, 6.07) is 7.24. The molecule has 0 aromatic heterocycles. The standard InChI is InChI=1S/C16H24ClN3O2/c1-19(11-12-22-15-5-3-14(17)4-6-15)16(21)13-20-9-2-7-18-8-10-20/h3-6,18H,2,7-13H2,1H3. The molecule has 22 heavy (non-hydrogen) atoms. The summed E-state index contributed by atoms with van der Waals surface area (Å²) in [4.78, 5) is 16.1. The van der Waals surface area contributed by atoms with Crippen molar-refractivity contribution in [1.29, 1.82) is 0 Å². The van der Waals surface area contributed by atoms with Crippen LogP contribution in [0.3, 0.4) is 0 Å². The van der Waals surface area contributed by atoms with Crippen LogP contribution in [0.5, 0.6) is 5.75 Å². The van der Waals surface area contributed by atoms with E-state index in [1.807, 2.05) is 19.2 Å². The van der Waals surface area contributed by atoms with Gasteiger partial charge in [0.15, 0.2) is 0 Å². The van der Waals surface area contributed by atoms with Crippen molar-refractivity contribution < 1.29 is 9.53 Å². The van der Waals surface area contributed by atoms with E-state index in [4.69, 9.17) is 16.3 Å². The lowest BCUT2D eigenvalue weighted by molar-refractivity contribution is -0.131. The Morgan fingerprint density at radius 2 is 2.09 bits per heavy atom. The van der Waals surface area contributed by atoms with Crippen LogP contribution >= 0.6 is 11.6 Å². The van der Waals surface area contributed by atoms with Gasteiger partial charge in [0.1, 0.15) is 12.4 Å². The van der Waals surface area contributed by atoms with Crippen LogP contribution < -0.4 is 10.1 Å². The van der Waals surface area contributed by atoms with Gasteiger partial charge in [-0.2, -0.15) is 0 Å². The quantitative estimate of drug-likeness (QED) is 0.860. The van der Waals surface area contributed by atoms with Gasteiger partial charge in [-0.05, 0) is 43.8 Å². The summed E-state index contributed by atoms with van der Waals surface area (Å²) in [6.07, 6.45) is 1.09. The molecule has 1 aromatic rings. The first-order chi connectivity index (χ1) is 10.6. The number of carbonyl (C=O) groups excluding carboxylic acids is 1. The van der Waals surface area contributed by atoms with Crippen molar-refractivity contribution in [2.24, 2.45) is 0 Å². The molecule has 0 bridgehead atoms. The average Bonchev–Trinajstić information content (AvgIpc) is 2.77. The maximum absolute atomic E-state index is 12.2. The molecule has 1 fully saturated rings. The molecule has 0 atom stereocenters. The fourth-order valence-electron chi connectivity index (χ4n) is 2.33. The first kappa shape index (κ1) is 17.1. The first-order valence-electron chi connectivity index (χ1n) is 7.70. The molecule has 0 saturated carbocycles. The average molecular weight is 326 g/mol. The molecule has 1 aliphatic rings. The lowest BCUT2D eigenvalue weighted by Gasteiger charge is -2.23. The van der Waals surface area contributed by atoms with Crippen molar-refractivity contribution in [2.75, 3.05) is 52.9 Å². The third-order valence-corrected chi connectivity index (χ3v) is 3.98. The van der Waals surface area contributed by atoms with Crippen molar-refractivity contribution in [1.82, 2.24) is 15.1 Å². The summed E-state index contributed by atoms with van der Waals surface area (Å²) >= 11 is 5.82. The first-order valence-corrected chi connectivity index (χ1v) is 8.08. The van der Waals surface area contributed by atoms with E-state index < -0.39 is 0 Å². The highest BCUT2D eigenvalue weighted by Gasteiger charge is 2.15. The van der Waals surface area contributed by atoms with Crippen LogP contribution in [0, 0.1) is 0 Å². The van der Waals surface area contributed by atoms with E-state index in [2.05, 4.69) is 10.2 Å². The zero-order chi connectivity index (χ0) is 15.8. The second-order valence-electron chi connectivity index (χ2n) is 5.50. The SMILES string of the molecule is CN(CCOc1ccc(Cl)cc1)C(=O)CN1CCCNCC1. The van der Waals surface area contributed by atoms with Gasteiger partial charge in [-0.15, -0.1) is 0 Å². The van der Waals surface area contributed by atoms with Crippen LogP contribution in [0.2, 0.25) is 5.02 Å². The molecule has 6 heteroatoms. The minimum Gasteiger partial charge on any atom is -0.492 e. The van der Waals surface area contributed by atoms with E-state index in [0.717, 1.165) is 38.3 Å². The maximum Gasteiger partial charge on any atom is 0.236 e. The molecule has 1 aliphatic heterocycles. The second-order valence-corrected chi connectivity index (χ2v) is 5.93. The van der Waals surface area contributed by atoms with Gasteiger partial charge >= 0.3 is 0 Å². The lowest BCUT2D eigenvalue weighted by Crippen LogP contribution is -2.41. The number of ether oxygens (including phenoxy) is 1. The zero-order valence-corrected chi connectivity index (χ0v) is 13.8. The highest BCUT2D eigenvalue weighted by molar-refractivity contribution is 6.30. The van der Waals surface area contributed by atoms with Crippen LogP contribution in [0.25, 0.3) is 0 Å². The van der Waals surface area contributed by atoms with Gasteiger partial charge in [-0.1, -0.05) is 11.6 Å². The number of nitrogens with zero attached hydrogens (tertiary/aromatic N) is 2. The van der Waals surface area contributed by atoms with Crippen molar-refractivity contribution in [3.8, 4) is 5.75 Å². The third-order valence-electron chi connectivity index (χ3n) is 3.73. The van der Waals surface area contributed by atoms with Crippen molar-refractivity contribution >= 4 is 17.5 Å². The number of hydrogen-bond acceptors (Lipinski definition) is 4. The molecule has 0 radical (unpaired) electrons. The van der Waals surface area contributed by atoms with Crippen LogP contribution in [-0.2, 0) is 4.79 Å². The fourth-order valence-corrected chi connectivity index (χ4v) is 2.45. The number of benzene rings is 1. The van der Waals surface area contributed by atoms with E-state index in [9.17, 15) is 4.79 Å². The molecule has 2 rings (SSSR count). The molecule has 0 unspecified atom stereocenters. The second kappa shape index (κ2) is 8.98. The summed E-state index contributed by atoms with van der Waals surface area (Å²) in [5.41, 5.74) is 0. The molecule has 122 valence electrons. The summed E-state index contributed by atoms with van der Waals surface area (Å²) in [6.45, 7) is 5.44. The molecule has 1 N–H and O–H groups in total. The highest BCUT2D eigenvalue weighted by Crippen LogP contribution is 2.15. The molecule has 5 nitrogen and oxygen atoms in total. The number of hydrogen-bond donors (Lipinski definition) is 1. The smallest absolute Gasteiger partial charge is 0.236 e. The largest absolute Gasteiger partial charge is 0.492 e. The van der Waals surface area contributed by atoms with Crippen LogP contribution in [0.15, 0.2) is 24.3 Å². The Bertz CT molecular complexity index is 459. The molecule has 0 aliphatic carbocycles. The Kier molecular flexibility index (Phi) is 6.96. The van der Waals surface area contributed by atoms with Gasteiger partial charge in [0, 0.05) is 25.2 Å². The van der Waals surface area contributed by atoms with Gasteiger partial charge in [-0.25, -0.2) is 0 Å². The molecular formula is C16H24ClN3O2. The van der Waals surface area contributed by atoms with Crippen LogP contribution in [0.1, 0.15) is 6.42 Å². The molecule has 1 amide bonds. The maximum atomic E-state index is 12.2. The molecule has 1 saturated heterocycles. The number of nitrogens with one attached hydrogen (secondary N) is 1. The molecule has 1 aromatic carbocycles. The Morgan fingerprint density at radius 3 is 2.86 bits per heavy atom. The van der Waals surface area contributed by atoms with Crippen LogP contribution in [0.4, 0.5) is 0 Å². The normalized spacial score (nSPS) is 16.1. The summed E-state index contributed by atoms with van der Waals surface area (Å²) in [7, 11) is 1.82. The highest BCUT2D eigenvalue weighted by atomic mass is 35.5. The number of carbonyl (C=O) groups is 1. The summed E-state index contributed by atoms with van der Waals surface area (Å²) < 4.78 is 5.62. The minimum atomic E-state index is 0.140. The van der Waals surface area contributed by atoms with Crippen molar-refractivity contribution in [3.63, 3.8) is 0 Å². The number of likely N-dealkylation sites (N-methyl/N-ethyl adjacent to an activating group) is 1. The van der Waals surface area contributed by atoms with E-state index in [1.54, 1.807) is 17.0 Å². The molecule has 0 spiro atoms. The van der Waals surface area contributed by atoms with Crippen molar-refractivity contribution in [3.05, 3.63) is 29.3 Å². The van der Waals surface area contributed by atoms with Gasteiger partial charge in [0.2, 0.25) is 5.91 Å². The molecular weight excluding hydrogens is 302 g/mol. The van der Waals surface area contributed by atoms with E-state index >= 15 is 0 Å². The Labute approximate surface area is 137 Å². The fraction of sp³-hybridized carbons (Fsp3) is 0.562. The number of rotatable bonds is 6. The lowest BCUT2D eigenvalue weighted by atomic mass is 10.3. The summed E-state index contributed by atoms with van der Waals surface area (Å²) in [5, 5.41) is 4.03. The number of halogens is 1. The third kappa shape index (κ3) is 5.83. The predicted octanol–water partition coefficient (Wildman–Crippen LogP) is 1.47. The van der Waals surface area contributed by atoms with Gasteiger partial charge in [0.25, 0.3) is 0 Å². The van der Waals surface area contributed by atoms with Crippen molar-refractivity contribution in [2.45, 2.75) is 6.42 Å². The predicted molar refractivity (Wildman–Crippen MR) is 88.5 cm³/mol. The van der Waals surface area contributed by atoms with E-state index in [1.165, 1.54) is 0 Å². The van der Waals surface area contributed by atoms with E-state index in [0.29, 0.717) is 24.7 Å².